The van der Waals surface area contributed by atoms with Crippen LogP contribution >= 0.6 is 0 Å². The summed E-state index contributed by atoms with van der Waals surface area (Å²) in [6, 6.07) is -0.752. The smallest absolute Gasteiger partial charge is 0.323 e. The van der Waals surface area contributed by atoms with Crippen molar-refractivity contribution in [1.82, 2.24) is 4.90 Å². The lowest BCUT2D eigenvalue weighted by atomic mass is 10.0. The Morgan fingerprint density at radius 1 is 1.00 bits per heavy atom. The summed E-state index contributed by atoms with van der Waals surface area (Å²) in [7, 11) is 0. The molecule has 0 aromatic rings. The molecule has 0 unspecified atom stereocenters. The molecule has 5 N–H and O–H groups in total. The molecule has 0 fully saturated rings. The summed E-state index contributed by atoms with van der Waals surface area (Å²) in [6.07, 6.45) is 4.25. The maximum atomic E-state index is 12.3. The van der Waals surface area contributed by atoms with Gasteiger partial charge in [0, 0.05) is 24.9 Å². The van der Waals surface area contributed by atoms with Gasteiger partial charge in [-0.2, -0.15) is 0 Å². The van der Waals surface area contributed by atoms with Gasteiger partial charge in [-0.05, 0) is 18.8 Å². The first-order valence-corrected chi connectivity index (χ1v) is 8.73. The average molecular weight is 343 g/mol. The molecule has 2 atom stereocenters. The highest BCUT2D eigenvalue weighted by atomic mass is 16.4. The van der Waals surface area contributed by atoms with E-state index in [0.717, 1.165) is 24.2 Å². The first-order chi connectivity index (χ1) is 11.2. The third kappa shape index (κ3) is 10.3. The minimum absolute atomic E-state index is 0.0256. The van der Waals surface area contributed by atoms with Gasteiger partial charge in [0.25, 0.3) is 0 Å². The molecule has 7 nitrogen and oxygen atoms in total. The van der Waals surface area contributed by atoms with E-state index in [2.05, 4.69) is 6.92 Å². The summed E-state index contributed by atoms with van der Waals surface area (Å²) in [4.78, 5) is 36.3. The van der Waals surface area contributed by atoms with Crippen LogP contribution in [0.25, 0.3) is 0 Å². The highest BCUT2D eigenvalue weighted by Gasteiger charge is 2.26. The van der Waals surface area contributed by atoms with Crippen LogP contribution < -0.4 is 11.5 Å². The lowest BCUT2D eigenvalue weighted by molar-refractivity contribution is -0.153. The number of hydrogen-bond acceptors (Lipinski definition) is 5. The molecule has 7 heteroatoms. The topological polar surface area (TPSA) is 127 Å². The van der Waals surface area contributed by atoms with Crippen molar-refractivity contribution < 1.29 is 19.5 Å². The molecular formula is C17H33N3O4. The van der Waals surface area contributed by atoms with E-state index < -0.39 is 24.3 Å². The Balaban J connectivity index is 4.70. The van der Waals surface area contributed by atoms with Crippen LogP contribution in [0.1, 0.15) is 65.7 Å². The zero-order chi connectivity index (χ0) is 18.7. The minimum atomic E-state index is -1.23. The number of carboxylic acid groups (broad SMARTS) is 1. The number of hydrogen-bond donors (Lipinski definition) is 3. The molecule has 0 aliphatic carbocycles. The van der Waals surface area contributed by atoms with E-state index in [1.165, 1.54) is 0 Å². The summed E-state index contributed by atoms with van der Waals surface area (Å²) in [5.74, 6) is -1.99. The third-order valence-corrected chi connectivity index (χ3v) is 3.72. The first-order valence-electron chi connectivity index (χ1n) is 8.73. The minimum Gasteiger partial charge on any atom is -0.480 e. The maximum Gasteiger partial charge on any atom is 0.323 e. The van der Waals surface area contributed by atoms with Crippen molar-refractivity contribution in [3.63, 3.8) is 0 Å². The van der Waals surface area contributed by atoms with Crippen molar-refractivity contribution in [3.8, 4) is 0 Å². The monoisotopic (exact) mass is 343 g/mol. The SMILES string of the molecule is CCCCC[C@H](N)CC(=O)N(CC(=O)O)C(=O)C[C@@H](N)CC(C)C. The van der Waals surface area contributed by atoms with Gasteiger partial charge in [-0.1, -0.05) is 40.0 Å². The van der Waals surface area contributed by atoms with E-state index in [-0.39, 0.29) is 24.9 Å². The average Bonchev–Trinajstić information content (AvgIpc) is 2.43. The molecule has 0 rings (SSSR count). The van der Waals surface area contributed by atoms with Crippen LogP contribution in [0, 0.1) is 5.92 Å². The number of aliphatic carboxylic acids is 1. The summed E-state index contributed by atoms with van der Waals surface area (Å²) in [6.45, 7) is 5.40. The Morgan fingerprint density at radius 2 is 1.54 bits per heavy atom. The van der Waals surface area contributed by atoms with Crippen molar-refractivity contribution in [3.05, 3.63) is 0 Å². The molecule has 0 bridgehead atoms. The molecule has 24 heavy (non-hydrogen) atoms. The Kier molecular flexibility index (Phi) is 11.2. The van der Waals surface area contributed by atoms with Crippen LogP contribution in [-0.4, -0.2) is 46.4 Å². The largest absolute Gasteiger partial charge is 0.480 e. The fourth-order valence-corrected chi connectivity index (χ4v) is 2.57. The zero-order valence-corrected chi connectivity index (χ0v) is 15.2. The van der Waals surface area contributed by atoms with E-state index in [1.807, 2.05) is 13.8 Å². The van der Waals surface area contributed by atoms with Crippen molar-refractivity contribution in [2.45, 2.75) is 77.8 Å². The van der Waals surface area contributed by atoms with Crippen molar-refractivity contribution in [1.29, 1.82) is 0 Å². The van der Waals surface area contributed by atoms with E-state index in [1.54, 1.807) is 0 Å². The molecule has 0 spiro atoms. The Morgan fingerprint density at radius 3 is 2.00 bits per heavy atom. The molecule has 0 aliphatic rings. The Labute approximate surface area is 144 Å². The number of carbonyl (C=O) groups excluding carboxylic acids is 2. The van der Waals surface area contributed by atoms with E-state index in [0.29, 0.717) is 18.8 Å². The highest BCUT2D eigenvalue weighted by Crippen LogP contribution is 2.11. The predicted molar refractivity (Wildman–Crippen MR) is 93.1 cm³/mol. The second kappa shape index (κ2) is 12.0. The van der Waals surface area contributed by atoms with Crippen LogP contribution in [0.15, 0.2) is 0 Å². The lowest BCUT2D eigenvalue weighted by Crippen LogP contribution is -2.45. The number of amides is 2. The molecule has 0 saturated heterocycles. The van der Waals surface area contributed by atoms with Gasteiger partial charge in [-0.15, -0.1) is 0 Å². The molecule has 140 valence electrons. The fraction of sp³-hybridized carbons (Fsp3) is 0.824. The molecule has 2 amide bonds. The van der Waals surface area contributed by atoms with Crippen molar-refractivity contribution >= 4 is 17.8 Å². The van der Waals surface area contributed by atoms with Gasteiger partial charge < -0.3 is 16.6 Å². The number of unbranched alkanes of at least 4 members (excludes halogenated alkanes) is 2. The highest BCUT2D eigenvalue weighted by molar-refractivity contribution is 5.98. The number of nitrogens with two attached hydrogens (primary N) is 2. The standard InChI is InChI=1S/C17H33N3O4/c1-4-5-6-7-13(18)9-15(21)20(11-17(23)24)16(22)10-14(19)8-12(2)3/h12-14H,4-11,18-19H2,1-3H3,(H,23,24)/t13-,14-/m0/s1. The maximum absolute atomic E-state index is 12.3. The first kappa shape index (κ1) is 22.5. The number of imide groups is 1. The summed E-state index contributed by atoms with van der Waals surface area (Å²) >= 11 is 0. The number of rotatable bonds is 12. The summed E-state index contributed by atoms with van der Waals surface area (Å²) < 4.78 is 0. The number of carbonyl (C=O) groups is 3. The fourth-order valence-electron chi connectivity index (χ4n) is 2.57. The molecule has 0 radical (unpaired) electrons. The Hall–Kier alpha value is -1.47. The van der Waals surface area contributed by atoms with Crippen LogP contribution in [0.2, 0.25) is 0 Å². The van der Waals surface area contributed by atoms with Gasteiger partial charge in [0.15, 0.2) is 0 Å². The van der Waals surface area contributed by atoms with Gasteiger partial charge in [-0.3, -0.25) is 19.3 Å². The molecule has 0 aliphatic heterocycles. The normalized spacial score (nSPS) is 13.6. The summed E-state index contributed by atoms with van der Waals surface area (Å²) in [5, 5.41) is 8.96. The van der Waals surface area contributed by atoms with Crippen LogP contribution in [0.4, 0.5) is 0 Å². The number of nitrogens with zero attached hydrogens (tertiary/aromatic N) is 1. The molecule has 0 aromatic carbocycles. The predicted octanol–water partition coefficient (Wildman–Crippen LogP) is 1.49. The summed E-state index contributed by atoms with van der Waals surface area (Å²) in [5.41, 5.74) is 11.8. The van der Waals surface area contributed by atoms with Gasteiger partial charge >= 0.3 is 5.97 Å². The van der Waals surface area contributed by atoms with Crippen LogP contribution in [0.5, 0.6) is 0 Å². The van der Waals surface area contributed by atoms with Gasteiger partial charge in [0.1, 0.15) is 6.54 Å². The van der Waals surface area contributed by atoms with Crippen LogP contribution in [-0.2, 0) is 14.4 Å². The van der Waals surface area contributed by atoms with Gasteiger partial charge in [0.05, 0.1) is 0 Å². The molecule has 0 saturated carbocycles. The second-order valence-corrected chi connectivity index (χ2v) is 6.82. The quantitative estimate of drug-likeness (QED) is 0.461. The third-order valence-electron chi connectivity index (χ3n) is 3.72. The van der Waals surface area contributed by atoms with E-state index >= 15 is 0 Å². The molecule has 0 heterocycles. The molecule has 0 aromatic heterocycles. The van der Waals surface area contributed by atoms with Crippen molar-refractivity contribution in [2.24, 2.45) is 17.4 Å². The number of carboxylic acids is 1. The van der Waals surface area contributed by atoms with E-state index in [4.69, 9.17) is 16.6 Å². The van der Waals surface area contributed by atoms with Gasteiger partial charge in [0.2, 0.25) is 11.8 Å². The van der Waals surface area contributed by atoms with E-state index in [9.17, 15) is 14.4 Å². The Bertz CT molecular complexity index is 413. The second-order valence-electron chi connectivity index (χ2n) is 6.82. The zero-order valence-electron chi connectivity index (χ0n) is 15.2. The van der Waals surface area contributed by atoms with Crippen LogP contribution in [0.3, 0.4) is 0 Å². The molecular weight excluding hydrogens is 310 g/mol. The van der Waals surface area contributed by atoms with Crippen molar-refractivity contribution in [2.75, 3.05) is 6.54 Å². The lowest BCUT2D eigenvalue weighted by Gasteiger charge is -2.23. The van der Waals surface area contributed by atoms with Gasteiger partial charge in [-0.25, -0.2) is 0 Å².